The summed E-state index contributed by atoms with van der Waals surface area (Å²) >= 11 is 0. The zero-order valence-electron chi connectivity index (χ0n) is 11.3. The molecule has 0 aliphatic heterocycles. The third-order valence-electron chi connectivity index (χ3n) is 2.17. The molecule has 94 valence electrons. The van der Waals surface area contributed by atoms with E-state index in [1.807, 2.05) is 58.9 Å². The SMILES string of the molecule is CC.Cc1ccccc1/C(=C\C(C)C)C(=O)O. The van der Waals surface area contributed by atoms with E-state index in [9.17, 15) is 4.79 Å². The second-order valence-corrected chi connectivity index (χ2v) is 3.94. The summed E-state index contributed by atoms with van der Waals surface area (Å²) in [5.41, 5.74) is 2.19. The number of carboxylic acids is 1. The topological polar surface area (TPSA) is 37.3 Å². The van der Waals surface area contributed by atoms with Gasteiger partial charge in [0.2, 0.25) is 0 Å². The first-order valence-corrected chi connectivity index (χ1v) is 6.03. The molecule has 0 aliphatic carbocycles. The van der Waals surface area contributed by atoms with Gasteiger partial charge in [-0.3, -0.25) is 0 Å². The first kappa shape index (κ1) is 15.4. The quantitative estimate of drug-likeness (QED) is 0.798. The van der Waals surface area contributed by atoms with Crippen LogP contribution in [-0.2, 0) is 4.79 Å². The molecule has 0 unspecified atom stereocenters. The van der Waals surface area contributed by atoms with Gasteiger partial charge in [-0.05, 0) is 24.0 Å². The molecule has 0 saturated heterocycles. The molecule has 0 aromatic heterocycles. The molecule has 1 aromatic carbocycles. The fourth-order valence-corrected chi connectivity index (χ4v) is 1.48. The zero-order chi connectivity index (χ0) is 13.4. The van der Waals surface area contributed by atoms with Crippen LogP contribution in [0.5, 0.6) is 0 Å². The summed E-state index contributed by atoms with van der Waals surface area (Å²) < 4.78 is 0. The van der Waals surface area contributed by atoms with Crippen LogP contribution in [0.1, 0.15) is 38.8 Å². The molecule has 0 amide bonds. The van der Waals surface area contributed by atoms with E-state index < -0.39 is 5.97 Å². The van der Waals surface area contributed by atoms with Gasteiger partial charge < -0.3 is 5.11 Å². The lowest BCUT2D eigenvalue weighted by Crippen LogP contribution is -2.03. The second-order valence-electron chi connectivity index (χ2n) is 3.94. The molecule has 0 radical (unpaired) electrons. The average molecular weight is 234 g/mol. The van der Waals surface area contributed by atoms with Gasteiger partial charge in [-0.2, -0.15) is 0 Å². The normalized spacial score (nSPS) is 10.8. The van der Waals surface area contributed by atoms with Crippen molar-refractivity contribution >= 4 is 11.5 Å². The number of aliphatic carboxylic acids is 1. The number of allylic oxidation sites excluding steroid dienone is 1. The largest absolute Gasteiger partial charge is 0.478 e. The Hall–Kier alpha value is -1.57. The lowest BCUT2D eigenvalue weighted by atomic mass is 9.98. The number of hydrogen-bond donors (Lipinski definition) is 1. The van der Waals surface area contributed by atoms with Gasteiger partial charge in [0, 0.05) is 0 Å². The Bertz CT molecular complexity index is 390. The summed E-state index contributed by atoms with van der Waals surface area (Å²) in [7, 11) is 0. The monoisotopic (exact) mass is 234 g/mol. The van der Waals surface area contributed by atoms with Crippen LogP contribution in [0.15, 0.2) is 30.3 Å². The molecule has 0 spiro atoms. The minimum atomic E-state index is -0.863. The van der Waals surface area contributed by atoms with Gasteiger partial charge in [0.15, 0.2) is 0 Å². The standard InChI is InChI=1S/C13H16O2.C2H6/c1-9(2)8-12(13(14)15)11-7-5-4-6-10(11)3;1-2/h4-9H,1-3H3,(H,14,15);1-2H3/b12-8+;. The minimum Gasteiger partial charge on any atom is -0.478 e. The maximum Gasteiger partial charge on any atom is 0.335 e. The van der Waals surface area contributed by atoms with E-state index in [2.05, 4.69) is 0 Å². The molecule has 1 aromatic rings. The van der Waals surface area contributed by atoms with Crippen LogP contribution in [0.2, 0.25) is 0 Å². The van der Waals surface area contributed by atoms with Crippen molar-refractivity contribution in [3.8, 4) is 0 Å². The van der Waals surface area contributed by atoms with Crippen molar-refractivity contribution < 1.29 is 9.90 Å². The van der Waals surface area contributed by atoms with Crippen molar-refractivity contribution in [2.24, 2.45) is 5.92 Å². The predicted molar refractivity (Wildman–Crippen MR) is 73.0 cm³/mol. The Morgan fingerprint density at radius 1 is 1.24 bits per heavy atom. The van der Waals surface area contributed by atoms with Crippen LogP contribution in [0.4, 0.5) is 0 Å². The molecule has 1 rings (SSSR count). The highest BCUT2D eigenvalue weighted by Crippen LogP contribution is 2.20. The fraction of sp³-hybridized carbons (Fsp3) is 0.400. The Morgan fingerprint density at radius 3 is 2.18 bits per heavy atom. The highest BCUT2D eigenvalue weighted by Gasteiger charge is 2.12. The molecule has 1 N–H and O–H groups in total. The maximum absolute atomic E-state index is 11.1. The van der Waals surface area contributed by atoms with Crippen LogP contribution in [0.25, 0.3) is 5.57 Å². The van der Waals surface area contributed by atoms with Crippen molar-refractivity contribution in [2.45, 2.75) is 34.6 Å². The fourth-order valence-electron chi connectivity index (χ4n) is 1.48. The highest BCUT2D eigenvalue weighted by molar-refractivity contribution is 6.15. The van der Waals surface area contributed by atoms with Crippen molar-refractivity contribution in [3.05, 3.63) is 41.5 Å². The van der Waals surface area contributed by atoms with E-state index in [0.717, 1.165) is 11.1 Å². The van der Waals surface area contributed by atoms with Gasteiger partial charge in [0.25, 0.3) is 0 Å². The van der Waals surface area contributed by atoms with Crippen molar-refractivity contribution in [1.29, 1.82) is 0 Å². The van der Waals surface area contributed by atoms with Crippen molar-refractivity contribution in [1.82, 2.24) is 0 Å². The second kappa shape index (κ2) is 7.66. The molecule has 0 bridgehead atoms. The van der Waals surface area contributed by atoms with E-state index in [1.54, 1.807) is 6.08 Å². The van der Waals surface area contributed by atoms with E-state index in [-0.39, 0.29) is 5.92 Å². The van der Waals surface area contributed by atoms with Crippen LogP contribution >= 0.6 is 0 Å². The maximum atomic E-state index is 11.1. The van der Waals surface area contributed by atoms with Gasteiger partial charge in [0.1, 0.15) is 0 Å². The smallest absolute Gasteiger partial charge is 0.335 e. The van der Waals surface area contributed by atoms with Crippen molar-refractivity contribution in [2.75, 3.05) is 0 Å². The first-order valence-electron chi connectivity index (χ1n) is 6.03. The van der Waals surface area contributed by atoms with E-state index in [1.165, 1.54) is 0 Å². The molecule has 0 saturated carbocycles. The Kier molecular flexibility index (Phi) is 6.95. The Labute approximate surface area is 104 Å². The molecular formula is C15H22O2. The summed E-state index contributed by atoms with van der Waals surface area (Å²) in [6.07, 6.45) is 1.78. The molecule has 2 heteroatoms. The lowest BCUT2D eigenvalue weighted by Gasteiger charge is -2.07. The van der Waals surface area contributed by atoms with Gasteiger partial charge >= 0.3 is 5.97 Å². The Morgan fingerprint density at radius 2 is 1.76 bits per heavy atom. The summed E-state index contributed by atoms with van der Waals surface area (Å²) in [6, 6.07) is 7.54. The molecule has 0 heterocycles. The molecule has 0 aliphatic rings. The van der Waals surface area contributed by atoms with E-state index >= 15 is 0 Å². The molecule has 2 nitrogen and oxygen atoms in total. The number of carboxylic acid groups (broad SMARTS) is 1. The van der Waals surface area contributed by atoms with Crippen LogP contribution in [0.3, 0.4) is 0 Å². The molecular weight excluding hydrogens is 212 g/mol. The van der Waals surface area contributed by atoms with E-state index in [0.29, 0.717) is 5.57 Å². The third kappa shape index (κ3) is 4.85. The lowest BCUT2D eigenvalue weighted by molar-refractivity contribution is -0.130. The first-order chi connectivity index (χ1) is 8.02. The number of benzene rings is 1. The van der Waals surface area contributed by atoms with E-state index in [4.69, 9.17) is 5.11 Å². The predicted octanol–water partition coefficient (Wildman–Crippen LogP) is 4.15. The molecule has 0 atom stereocenters. The minimum absolute atomic E-state index is 0.232. The molecule has 0 fully saturated rings. The summed E-state index contributed by atoms with van der Waals surface area (Å²) in [4.78, 5) is 11.1. The van der Waals surface area contributed by atoms with Crippen molar-refractivity contribution in [3.63, 3.8) is 0 Å². The van der Waals surface area contributed by atoms with Gasteiger partial charge in [-0.25, -0.2) is 4.79 Å². The van der Waals surface area contributed by atoms with Crippen LogP contribution < -0.4 is 0 Å². The Balaban J connectivity index is 0.00000121. The number of hydrogen-bond acceptors (Lipinski definition) is 1. The summed E-state index contributed by atoms with van der Waals surface area (Å²) in [5, 5.41) is 9.13. The summed E-state index contributed by atoms with van der Waals surface area (Å²) in [5.74, 6) is -0.631. The number of aryl methyl sites for hydroxylation is 1. The van der Waals surface area contributed by atoms with Crippen LogP contribution in [-0.4, -0.2) is 11.1 Å². The third-order valence-corrected chi connectivity index (χ3v) is 2.17. The van der Waals surface area contributed by atoms with Gasteiger partial charge in [-0.15, -0.1) is 0 Å². The highest BCUT2D eigenvalue weighted by atomic mass is 16.4. The number of rotatable bonds is 3. The van der Waals surface area contributed by atoms with Gasteiger partial charge in [0.05, 0.1) is 5.57 Å². The average Bonchev–Trinajstić information content (AvgIpc) is 2.29. The summed E-state index contributed by atoms with van der Waals surface area (Å²) in [6.45, 7) is 9.87. The number of carbonyl (C=O) groups is 1. The van der Waals surface area contributed by atoms with Gasteiger partial charge in [-0.1, -0.05) is 58.0 Å². The molecule has 17 heavy (non-hydrogen) atoms. The zero-order valence-corrected chi connectivity index (χ0v) is 11.3. The van der Waals surface area contributed by atoms with Crippen LogP contribution in [0, 0.1) is 12.8 Å².